The van der Waals surface area contributed by atoms with Crippen molar-refractivity contribution in [3.8, 4) is 0 Å². The second-order valence-corrected chi connectivity index (χ2v) is 4.78. The Morgan fingerprint density at radius 3 is 2.79 bits per heavy atom. The van der Waals surface area contributed by atoms with E-state index in [9.17, 15) is 14.4 Å². The summed E-state index contributed by atoms with van der Waals surface area (Å²) in [5.41, 5.74) is -0.364. The number of nitrogens with one attached hydrogen (secondary N) is 3. The molecular formula is C11H13N5O3. The number of carbonyl (C=O) groups is 1. The number of H-pyrrole nitrogens is 2. The maximum Gasteiger partial charge on any atom is 0.327 e. The average Bonchev–Trinajstić information content (AvgIpc) is 3.04. The first-order valence-corrected chi connectivity index (χ1v) is 6.05. The number of aromatic nitrogens is 4. The predicted octanol–water partition coefficient (Wildman–Crippen LogP) is -0.219. The standard InChI is InChI=1S/C11H13N5O3/c1-5(17)12-10-13-8-7(9(18)15-10)16(11(19)14-8)4-6-2-3-6/h6H,2-4H2,1H3,(H3,12,13,14,15,17,18,19). The van der Waals surface area contributed by atoms with Crippen molar-refractivity contribution in [3.05, 3.63) is 20.8 Å². The van der Waals surface area contributed by atoms with E-state index in [4.69, 9.17) is 0 Å². The highest BCUT2D eigenvalue weighted by Crippen LogP contribution is 2.30. The largest absolute Gasteiger partial charge is 0.327 e. The first kappa shape index (κ1) is 11.7. The molecule has 0 saturated heterocycles. The summed E-state index contributed by atoms with van der Waals surface area (Å²) < 4.78 is 1.41. The zero-order chi connectivity index (χ0) is 13.6. The molecule has 0 bridgehead atoms. The molecule has 1 amide bonds. The lowest BCUT2D eigenvalue weighted by molar-refractivity contribution is -0.114. The van der Waals surface area contributed by atoms with Gasteiger partial charge in [0.2, 0.25) is 11.9 Å². The van der Waals surface area contributed by atoms with Gasteiger partial charge in [-0.1, -0.05) is 0 Å². The van der Waals surface area contributed by atoms with Crippen LogP contribution in [0.4, 0.5) is 5.95 Å². The SMILES string of the molecule is CC(=O)Nc1nc2[nH]c(=O)n(CC3CC3)c2c(=O)[nH]1. The molecule has 0 aromatic carbocycles. The lowest BCUT2D eigenvalue weighted by Gasteiger charge is -2.02. The van der Waals surface area contributed by atoms with Crippen molar-refractivity contribution in [3.63, 3.8) is 0 Å². The monoisotopic (exact) mass is 263 g/mol. The van der Waals surface area contributed by atoms with Crippen molar-refractivity contribution >= 4 is 23.0 Å². The van der Waals surface area contributed by atoms with E-state index in [2.05, 4.69) is 20.3 Å². The maximum atomic E-state index is 12.0. The van der Waals surface area contributed by atoms with Crippen LogP contribution in [0.2, 0.25) is 0 Å². The Labute approximate surface area is 106 Å². The van der Waals surface area contributed by atoms with E-state index in [1.54, 1.807) is 0 Å². The molecule has 1 saturated carbocycles. The number of anilines is 1. The fraction of sp³-hybridized carbons (Fsp3) is 0.455. The Kier molecular flexibility index (Phi) is 2.51. The van der Waals surface area contributed by atoms with Crippen molar-refractivity contribution in [2.45, 2.75) is 26.3 Å². The van der Waals surface area contributed by atoms with Gasteiger partial charge in [-0.25, -0.2) is 4.79 Å². The van der Waals surface area contributed by atoms with Crippen LogP contribution in [-0.4, -0.2) is 25.4 Å². The Balaban J connectivity index is 2.14. The Morgan fingerprint density at radius 2 is 2.16 bits per heavy atom. The molecule has 0 unspecified atom stereocenters. The summed E-state index contributed by atoms with van der Waals surface area (Å²) in [5, 5.41) is 2.38. The van der Waals surface area contributed by atoms with Crippen molar-refractivity contribution in [1.82, 2.24) is 19.5 Å². The van der Waals surface area contributed by atoms with Crippen molar-refractivity contribution in [1.29, 1.82) is 0 Å². The highest BCUT2D eigenvalue weighted by Gasteiger charge is 2.24. The molecule has 2 aromatic rings. The third kappa shape index (κ3) is 2.16. The number of hydrogen-bond acceptors (Lipinski definition) is 4. The van der Waals surface area contributed by atoms with Crippen molar-refractivity contribution < 1.29 is 4.79 Å². The summed E-state index contributed by atoms with van der Waals surface area (Å²) in [5.74, 6) is 0.151. The van der Waals surface area contributed by atoms with Crippen LogP contribution in [0.3, 0.4) is 0 Å². The normalized spacial score (nSPS) is 14.8. The van der Waals surface area contributed by atoms with E-state index in [-0.39, 0.29) is 28.7 Å². The van der Waals surface area contributed by atoms with E-state index in [1.807, 2.05) is 0 Å². The van der Waals surface area contributed by atoms with Gasteiger partial charge < -0.3 is 0 Å². The first-order chi connectivity index (χ1) is 9.04. The molecule has 2 heterocycles. The van der Waals surface area contributed by atoms with E-state index in [0.29, 0.717) is 12.5 Å². The van der Waals surface area contributed by atoms with E-state index in [0.717, 1.165) is 12.8 Å². The van der Waals surface area contributed by atoms with Gasteiger partial charge in [-0.15, -0.1) is 0 Å². The van der Waals surface area contributed by atoms with Crippen LogP contribution in [0.5, 0.6) is 0 Å². The molecule has 0 spiro atoms. The molecular weight excluding hydrogens is 250 g/mol. The number of fused-ring (bicyclic) bond motifs is 1. The van der Waals surface area contributed by atoms with E-state index in [1.165, 1.54) is 11.5 Å². The second kappa shape index (κ2) is 4.08. The van der Waals surface area contributed by atoms with E-state index < -0.39 is 5.56 Å². The van der Waals surface area contributed by atoms with Gasteiger partial charge in [-0.3, -0.25) is 29.4 Å². The summed E-state index contributed by atoms with van der Waals surface area (Å²) >= 11 is 0. The number of hydrogen-bond donors (Lipinski definition) is 3. The molecule has 8 nitrogen and oxygen atoms in total. The zero-order valence-corrected chi connectivity index (χ0v) is 10.3. The average molecular weight is 263 g/mol. The third-order valence-corrected chi connectivity index (χ3v) is 3.07. The summed E-state index contributed by atoms with van der Waals surface area (Å²) in [6.07, 6.45) is 2.16. The summed E-state index contributed by atoms with van der Waals surface area (Å²) in [4.78, 5) is 43.8. The number of carbonyl (C=O) groups excluding carboxylic acids is 1. The van der Waals surface area contributed by atoms with Gasteiger partial charge in [-0.2, -0.15) is 4.98 Å². The van der Waals surface area contributed by atoms with Crippen LogP contribution in [-0.2, 0) is 11.3 Å². The number of imidazole rings is 1. The van der Waals surface area contributed by atoms with Gasteiger partial charge in [0.1, 0.15) is 0 Å². The number of amides is 1. The van der Waals surface area contributed by atoms with Gasteiger partial charge in [0, 0.05) is 13.5 Å². The highest BCUT2D eigenvalue weighted by atomic mass is 16.2. The molecule has 1 aliphatic carbocycles. The fourth-order valence-electron chi connectivity index (χ4n) is 2.03. The highest BCUT2D eigenvalue weighted by molar-refractivity contribution is 5.87. The van der Waals surface area contributed by atoms with Gasteiger partial charge in [0.05, 0.1) is 0 Å². The molecule has 2 aromatic heterocycles. The number of nitrogens with zero attached hydrogens (tertiary/aromatic N) is 2. The Bertz CT molecular complexity index is 765. The van der Waals surface area contributed by atoms with Crippen molar-refractivity contribution in [2.75, 3.05) is 5.32 Å². The zero-order valence-electron chi connectivity index (χ0n) is 10.3. The van der Waals surface area contributed by atoms with Crippen LogP contribution < -0.4 is 16.6 Å². The summed E-state index contributed by atoms with van der Waals surface area (Å²) in [6, 6.07) is 0. The Hall–Kier alpha value is -2.38. The van der Waals surface area contributed by atoms with Gasteiger partial charge in [-0.05, 0) is 18.8 Å². The lowest BCUT2D eigenvalue weighted by atomic mass is 10.4. The topological polar surface area (TPSA) is 113 Å². The minimum atomic E-state index is -0.437. The number of aromatic amines is 2. The molecule has 100 valence electrons. The molecule has 0 aliphatic heterocycles. The molecule has 1 aliphatic rings. The van der Waals surface area contributed by atoms with Gasteiger partial charge in [0.25, 0.3) is 5.56 Å². The quantitative estimate of drug-likeness (QED) is 0.710. The van der Waals surface area contributed by atoms with Crippen LogP contribution >= 0.6 is 0 Å². The van der Waals surface area contributed by atoms with Crippen LogP contribution in [0, 0.1) is 5.92 Å². The van der Waals surface area contributed by atoms with Crippen molar-refractivity contribution in [2.24, 2.45) is 5.92 Å². The minimum absolute atomic E-state index is 0.0322. The van der Waals surface area contributed by atoms with Crippen LogP contribution in [0.25, 0.3) is 11.2 Å². The molecule has 19 heavy (non-hydrogen) atoms. The first-order valence-electron chi connectivity index (χ1n) is 6.05. The van der Waals surface area contributed by atoms with Gasteiger partial charge in [0.15, 0.2) is 11.2 Å². The van der Waals surface area contributed by atoms with Crippen LogP contribution in [0.1, 0.15) is 19.8 Å². The second-order valence-electron chi connectivity index (χ2n) is 4.78. The minimum Gasteiger partial charge on any atom is -0.296 e. The van der Waals surface area contributed by atoms with E-state index >= 15 is 0 Å². The molecule has 1 fully saturated rings. The summed E-state index contributed by atoms with van der Waals surface area (Å²) in [6.45, 7) is 1.84. The predicted molar refractivity (Wildman–Crippen MR) is 68.0 cm³/mol. The van der Waals surface area contributed by atoms with Crippen LogP contribution in [0.15, 0.2) is 9.59 Å². The van der Waals surface area contributed by atoms with Gasteiger partial charge >= 0.3 is 5.69 Å². The molecule has 8 heteroatoms. The molecule has 0 radical (unpaired) electrons. The Morgan fingerprint density at radius 1 is 1.42 bits per heavy atom. The smallest absolute Gasteiger partial charge is 0.296 e. The fourth-order valence-corrected chi connectivity index (χ4v) is 2.03. The lowest BCUT2D eigenvalue weighted by Crippen LogP contribution is -2.22. The number of rotatable bonds is 3. The molecule has 0 atom stereocenters. The summed E-state index contributed by atoms with van der Waals surface area (Å²) in [7, 11) is 0. The third-order valence-electron chi connectivity index (χ3n) is 3.07. The maximum absolute atomic E-state index is 12.0. The molecule has 3 N–H and O–H groups in total. The molecule has 3 rings (SSSR count).